The smallest absolute Gasteiger partial charge is 0.302 e. The van der Waals surface area contributed by atoms with E-state index in [9.17, 15) is 9.90 Å². The molecule has 0 heterocycles. The summed E-state index contributed by atoms with van der Waals surface area (Å²) >= 11 is 0. The highest BCUT2D eigenvalue weighted by Crippen LogP contribution is 2.31. The second kappa shape index (κ2) is 8.57. The number of rotatable bonds is 9. The fraction of sp³-hybridized carbons (Fsp3) is 0.923. The molecule has 0 atom stereocenters. The van der Waals surface area contributed by atoms with Gasteiger partial charge in [-0.2, -0.15) is 0 Å². The van der Waals surface area contributed by atoms with Crippen LogP contribution < -0.4 is 0 Å². The van der Waals surface area contributed by atoms with Crippen molar-refractivity contribution in [3.8, 4) is 0 Å². The third-order valence-electron chi connectivity index (χ3n) is 3.04. The van der Waals surface area contributed by atoms with Gasteiger partial charge in [-0.1, -0.05) is 39.5 Å². The van der Waals surface area contributed by atoms with Gasteiger partial charge in [0.2, 0.25) is 0 Å². The van der Waals surface area contributed by atoms with E-state index in [2.05, 4.69) is 13.8 Å². The Balaban J connectivity index is 4.33. The van der Waals surface area contributed by atoms with E-state index in [1.54, 1.807) is 0 Å². The molecule has 0 aromatic rings. The van der Waals surface area contributed by atoms with Crippen LogP contribution in [0.3, 0.4) is 0 Å². The van der Waals surface area contributed by atoms with E-state index in [1.165, 1.54) is 6.92 Å². The molecule has 96 valence electrons. The molecule has 3 heteroatoms. The zero-order valence-electron chi connectivity index (χ0n) is 10.9. The quantitative estimate of drug-likeness (QED) is 0.619. The number of hydrogen-bond acceptors (Lipinski definition) is 3. The van der Waals surface area contributed by atoms with Gasteiger partial charge < -0.3 is 9.84 Å². The first-order valence-electron chi connectivity index (χ1n) is 6.34. The molecule has 0 aromatic heterocycles. The van der Waals surface area contributed by atoms with Gasteiger partial charge in [-0.15, -0.1) is 0 Å². The normalized spacial score (nSPS) is 11.5. The minimum absolute atomic E-state index is 0.111. The highest BCUT2D eigenvalue weighted by molar-refractivity contribution is 5.65. The van der Waals surface area contributed by atoms with Gasteiger partial charge in [-0.3, -0.25) is 4.79 Å². The summed E-state index contributed by atoms with van der Waals surface area (Å²) in [6.07, 6.45) is 6.24. The minimum atomic E-state index is -0.258. The molecule has 0 unspecified atom stereocenters. The topological polar surface area (TPSA) is 46.5 Å². The Labute approximate surface area is 99.2 Å². The summed E-state index contributed by atoms with van der Waals surface area (Å²) in [5.41, 5.74) is -0.211. The lowest BCUT2D eigenvalue weighted by molar-refractivity contribution is -0.146. The zero-order chi connectivity index (χ0) is 12.4. The molecule has 1 N–H and O–H groups in total. The average Bonchev–Trinajstić information content (AvgIpc) is 2.29. The molecule has 0 saturated carbocycles. The maximum absolute atomic E-state index is 10.9. The Morgan fingerprint density at radius 3 is 2.00 bits per heavy atom. The third-order valence-corrected chi connectivity index (χ3v) is 3.04. The van der Waals surface area contributed by atoms with Crippen LogP contribution in [-0.4, -0.2) is 24.3 Å². The molecule has 0 bridgehead atoms. The van der Waals surface area contributed by atoms with Crippen molar-refractivity contribution in [3.05, 3.63) is 0 Å². The van der Waals surface area contributed by atoms with Crippen LogP contribution in [0.15, 0.2) is 0 Å². The van der Waals surface area contributed by atoms with E-state index in [0.29, 0.717) is 6.61 Å². The van der Waals surface area contributed by atoms with E-state index < -0.39 is 0 Å². The summed E-state index contributed by atoms with van der Waals surface area (Å²) in [5.74, 6) is -0.258. The summed E-state index contributed by atoms with van der Waals surface area (Å²) in [4.78, 5) is 10.9. The van der Waals surface area contributed by atoms with Gasteiger partial charge in [0.15, 0.2) is 0 Å². The highest BCUT2D eigenvalue weighted by Gasteiger charge is 2.29. The summed E-state index contributed by atoms with van der Waals surface area (Å²) in [5, 5.41) is 9.55. The first-order chi connectivity index (χ1) is 7.60. The summed E-state index contributed by atoms with van der Waals surface area (Å²) in [6, 6.07) is 0. The first kappa shape index (κ1) is 15.4. The molecular weight excluding hydrogens is 204 g/mol. The SMILES string of the molecule is CCCCC(CO)(CCCC)COC(C)=O. The zero-order valence-corrected chi connectivity index (χ0v) is 10.9. The molecule has 0 amide bonds. The van der Waals surface area contributed by atoms with Gasteiger partial charge >= 0.3 is 5.97 Å². The van der Waals surface area contributed by atoms with Crippen molar-refractivity contribution >= 4 is 5.97 Å². The second-order valence-electron chi connectivity index (χ2n) is 4.65. The van der Waals surface area contributed by atoms with E-state index in [0.717, 1.165) is 38.5 Å². The largest absolute Gasteiger partial charge is 0.465 e. The predicted octanol–water partition coefficient (Wildman–Crippen LogP) is 2.91. The van der Waals surface area contributed by atoms with Gasteiger partial charge in [0.05, 0.1) is 13.2 Å². The Hall–Kier alpha value is -0.570. The lowest BCUT2D eigenvalue weighted by Crippen LogP contribution is -2.32. The maximum atomic E-state index is 10.9. The number of ether oxygens (including phenoxy) is 1. The van der Waals surface area contributed by atoms with Crippen molar-refractivity contribution in [2.24, 2.45) is 5.41 Å². The van der Waals surface area contributed by atoms with Gasteiger partial charge in [-0.25, -0.2) is 0 Å². The summed E-state index contributed by atoms with van der Waals surface area (Å²) < 4.78 is 5.09. The predicted molar refractivity (Wildman–Crippen MR) is 65.2 cm³/mol. The van der Waals surface area contributed by atoms with E-state index >= 15 is 0 Å². The molecule has 0 aliphatic heterocycles. The highest BCUT2D eigenvalue weighted by atomic mass is 16.5. The number of unbranched alkanes of at least 4 members (excludes halogenated alkanes) is 2. The molecule has 0 radical (unpaired) electrons. The Bertz CT molecular complexity index is 182. The molecule has 0 fully saturated rings. The monoisotopic (exact) mass is 230 g/mol. The molecule has 0 aliphatic carbocycles. The third kappa shape index (κ3) is 6.11. The number of esters is 1. The van der Waals surface area contributed by atoms with Crippen molar-refractivity contribution in [2.45, 2.75) is 59.3 Å². The van der Waals surface area contributed by atoms with Crippen LogP contribution in [0, 0.1) is 5.41 Å². The second-order valence-corrected chi connectivity index (χ2v) is 4.65. The van der Waals surface area contributed by atoms with Crippen molar-refractivity contribution in [2.75, 3.05) is 13.2 Å². The van der Waals surface area contributed by atoms with Crippen molar-refractivity contribution in [3.63, 3.8) is 0 Å². The number of hydrogen-bond donors (Lipinski definition) is 1. The minimum Gasteiger partial charge on any atom is -0.465 e. The van der Waals surface area contributed by atoms with Crippen molar-refractivity contribution in [1.29, 1.82) is 0 Å². The molecule has 0 saturated heterocycles. The van der Waals surface area contributed by atoms with Crippen LogP contribution in [0.2, 0.25) is 0 Å². The average molecular weight is 230 g/mol. The van der Waals surface area contributed by atoms with Crippen LogP contribution in [0.1, 0.15) is 59.3 Å². The fourth-order valence-corrected chi connectivity index (χ4v) is 1.83. The first-order valence-corrected chi connectivity index (χ1v) is 6.34. The van der Waals surface area contributed by atoms with Crippen LogP contribution in [0.5, 0.6) is 0 Å². The van der Waals surface area contributed by atoms with Crippen LogP contribution >= 0.6 is 0 Å². The molecule has 3 nitrogen and oxygen atoms in total. The Kier molecular flexibility index (Phi) is 8.26. The summed E-state index contributed by atoms with van der Waals surface area (Å²) in [6.45, 7) is 6.16. The Morgan fingerprint density at radius 1 is 1.19 bits per heavy atom. The molecule has 0 aromatic carbocycles. The molecule has 16 heavy (non-hydrogen) atoms. The van der Waals surface area contributed by atoms with Gasteiger partial charge in [-0.05, 0) is 12.8 Å². The van der Waals surface area contributed by atoms with E-state index in [-0.39, 0.29) is 18.0 Å². The number of carbonyl (C=O) groups is 1. The van der Waals surface area contributed by atoms with Crippen molar-refractivity contribution < 1.29 is 14.6 Å². The standard InChI is InChI=1S/C13H26O3/c1-4-6-8-13(10-14,9-7-5-2)11-16-12(3)15/h14H,4-11H2,1-3H3. The van der Waals surface area contributed by atoms with Gasteiger partial charge in [0.25, 0.3) is 0 Å². The Morgan fingerprint density at radius 2 is 1.69 bits per heavy atom. The molecule has 0 spiro atoms. The number of aliphatic hydroxyl groups excluding tert-OH is 1. The van der Waals surface area contributed by atoms with E-state index in [1.807, 2.05) is 0 Å². The van der Waals surface area contributed by atoms with Crippen molar-refractivity contribution in [1.82, 2.24) is 0 Å². The lowest BCUT2D eigenvalue weighted by Gasteiger charge is -2.31. The van der Waals surface area contributed by atoms with Crippen LogP contribution in [-0.2, 0) is 9.53 Å². The van der Waals surface area contributed by atoms with Gasteiger partial charge in [0, 0.05) is 12.3 Å². The maximum Gasteiger partial charge on any atom is 0.302 e. The summed E-state index contributed by atoms with van der Waals surface area (Å²) in [7, 11) is 0. The molecule has 0 aliphatic rings. The van der Waals surface area contributed by atoms with Crippen LogP contribution in [0.4, 0.5) is 0 Å². The molecule has 0 rings (SSSR count). The number of carbonyl (C=O) groups excluding carboxylic acids is 1. The van der Waals surface area contributed by atoms with E-state index in [4.69, 9.17) is 4.74 Å². The van der Waals surface area contributed by atoms with Crippen LogP contribution in [0.25, 0.3) is 0 Å². The lowest BCUT2D eigenvalue weighted by atomic mass is 9.79. The molecular formula is C13H26O3. The fourth-order valence-electron chi connectivity index (χ4n) is 1.83. The number of aliphatic hydroxyl groups is 1. The van der Waals surface area contributed by atoms with Gasteiger partial charge in [0.1, 0.15) is 0 Å².